The normalized spacial score (nSPS) is 23.8. The first-order chi connectivity index (χ1) is 8.52. The lowest BCUT2D eigenvalue weighted by Gasteiger charge is -2.32. The summed E-state index contributed by atoms with van der Waals surface area (Å²) in [6.45, 7) is 5.45. The van der Waals surface area contributed by atoms with Crippen LogP contribution in [0, 0.1) is 11.7 Å². The molecular formula is C15H21ClFN. The van der Waals surface area contributed by atoms with E-state index in [9.17, 15) is 4.39 Å². The van der Waals surface area contributed by atoms with Gasteiger partial charge >= 0.3 is 0 Å². The molecular weight excluding hydrogens is 249 g/mol. The first-order valence-electron chi connectivity index (χ1n) is 6.70. The van der Waals surface area contributed by atoms with Crippen LogP contribution in [0.1, 0.15) is 38.7 Å². The van der Waals surface area contributed by atoms with E-state index in [4.69, 9.17) is 11.6 Å². The van der Waals surface area contributed by atoms with Crippen molar-refractivity contribution in [2.75, 3.05) is 6.54 Å². The van der Waals surface area contributed by atoms with Crippen LogP contribution in [0.15, 0.2) is 18.2 Å². The van der Waals surface area contributed by atoms with Crippen molar-refractivity contribution >= 4 is 11.6 Å². The van der Waals surface area contributed by atoms with Crippen LogP contribution in [0.25, 0.3) is 0 Å². The van der Waals surface area contributed by atoms with Crippen molar-refractivity contribution in [1.82, 2.24) is 5.32 Å². The summed E-state index contributed by atoms with van der Waals surface area (Å²) < 4.78 is 13.9. The van der Waals surface area contributed by atoms with Gasteiger partial charge in [0.1, 0.15) is 5.82 Å². The fourth-order valence-corrected chi connectivity index (χ4v) is 3.32. The van der Waals surface area contributed by atoms with Crippen LogP contribution in [0.2, 0.25) is 5.02 Å². The summed E-state index contributed by atoms with van der Waals surface area (Å²) in [5.41, 5.74) is 0.689. The van der Waals surface area contributed by atoms with E-state index in [1.54, 1.807) is 12.1 Å². The lowest BCUT2D eigenvalue weighted by molar-refractivity contribution is 0.298. The Kier molecular flexibility index (Phi) is 4.29. The Balaban J connectivity index is 2.24. The van der Waals surface area contributed by atoms with Crippen molar-refractivity contribution < 1.29 is 4.39 Å². The van der Waals surface area contributed by atoms with Gasteiger partial charge < -0.3 is 5.32 Å². The van der Waals surface area contributed by atoms with E-state index in [0.29, 0.717) is 22.9 Å². The first-order valence-corrected chi connectivity index (χ1v) is 7.08. The topological polar surface area (TPSA) is 12.0 Å². The molecule has 1 heterocycles. The molecule has 0 bridgehead atoms. The molecule has 0 radical (unpaired) electrons. The molecule has 1 nitrogen and oxygen atoms in total. The van der Waals surface area contributed by atoms with E-state index in [1.165, 1.54) is 12.5 Å². The predicted molar refractivity (Wildman–Crippen MR) is 74.5 cm³/mol. The SMILES string of the molecule is CC(C)CC1(Cc2c(F)cccc2Cl)CCCN1. The Morgan fingerprint density at radius 2 is 2.22 bits per heavy atom. The molecule has 1 atom stereocenters. The zero-order valence-electron chi connectivity index (χ0n) is 11.1. The molecule has 0 aromatic heterocycles. The Hall–Kier alpha value is -0.600. The molecule has 1 saturated heterocycles. The summed E-state index contributed by atoms with van der Waals surface area (Å²) in [6.07, 6.45) is 4.03. The number of halogens is 2. The number of nitrogens with one attached hydrogen (secondary N) is 1. The lowest BCUT2D eigenvalue weighted by Crippen LogP contribution is -2.43. The summed E-state index contributed by atoms with van der Waals surface area (Å²) >= 11 is 6.14. The molecule has 0 saturated carbocycles. The van der Waals surface area contributed by atoms with Crippen LogP contribution in [-0.4, -0.2) is 12.1 Å². The molecule has 0 spiro atoms. The van der Waals surface area contributed by atoms with Crippen molar-refractivity contribution in [3.8, 4) is 0 Å². The fourth-order valence-electron chi connectivity index (χ4n) is 3.09. The molecule has 3 heteroatoms. The molecule has 1 aliphatic rings. The van der Waals surface area contributed by atoms with Gasteiger partial charge in [0.2, 0.25) is 0 Å². The van der Waals surface area contributed by atoms with Gasteiger partial charge in [0.05, 0.1) is 0 Å². The quantitative estimate of drug-likeness (QED) is 0.864. The Morgan fingerprint density at radius 1 is 1.44 bits per heavy atom. The molecule has 1 aromatic rings. The number of hydrogen-bond acceptors (Lipinski definition) is 1. The van der Waals surface area contributed by atoms with E-state index in [0.717, 1.165) is 19.4 Å². The highest BCUT2D eigenvalue weighted by molar-refractivity contribution is 6.31. The summed E-state index contributed by atoms with van der Waals surface area (Å²) in [7, 11) is 0. The third kappa shape index (κ3) is 3.04. The van der Waals surface area contributed by atoms with Crippen molar-refractivity contribution in [3.05, 3.63) is 34.6 Å². The van der Waals surface area contributed by atoms with Crippen molar-refractivity contribution in [1.29, 1.82) is 0 Å². The Labute approximate surface area is 114 Å². The van der Waals surface area contributed by atoms with Gasteiger partial charge in [-0.15, -0.1) is 0 Å². The molecule has 1 fully saturated rings. The van der Waals surface area contributed by atoms with Gasteiger partial charge in [-0.1, -0.05) is 31.5 Å². The minimum atomic E-state index is -0.181. The molecule has 100 valence electrons. The highest BCUT2D eigenvalue weighted by Crippen LogP contribution is 2.33. The van der Waals surface area contributed by atoms with Gasteiger partial charge in [-0.2, -0.15) is 0 Å². The smallest absolute Gasteiger partial charge is 0.127 e. The monoisotopic (exact) mass is 269 g/mol. The van der Waals surface area contributed by atoms with Gasteiger partial charge in [-0.25, -0.2) is 4.39 Å². The third-order valence-electron chi connectivity index (χ3n) is 3.71. The fraction of sp³-hybridized carbons (Fsp3) is 0.600. The highest BCUT2D eigenvalue weighted by Gasteiger charge is 2.35. The zero-order valence-corrected chi connectivity index (χ0v) is 11.9. The number of benzene rings is 1. The van der Waals surface area contributed by atoms with Crippen LogP contribution in [0.5, 0.6) is 0 Å². The van der Waals surface area contributed by atoms with Crippen LogP contribution < -0.4 is 5.32 Å². The Bertz CT molecular complexity index is 391. The first kappa shape index (κ1) is 13.8. The van der Waals surface area contributed by atoms with E-state index >= 15 is 0 Å². The predicted octanol–water partition coefficient (Wildman–Crippen LogP) is 4.19. The lowest BCUT2D eigenvalue weighted by atomic mass is 9.82. The largest absolute Gasteiger partial charge is 0.311 e. The average molecular weight is 270 g/mol. The number of hydrogen-bond donors (Lipinski definition) is 1. The van der Waals surface area contributed by atoms with Crippen molar-refractivity contribution in [3.63, 3.8) is 0 Å². The Morgan fingerprint density at radius 3 is 2.78 bits per heavy atom. The number of rotatable bonds is 4. The summed E-state index contributed by atoms with van der Waals surface area (Å²) in [5, 5.41) is 4.13. The van der Waals surface area contributed by atoms with Crippen LogP contribution >= 0.6 is 11.6 Å². The second-order valence-electron chi connectivity index (χ2n) is 5.79. The van der Waals surface area contributed by atoms with Gasteiger partial charge in [0.15, 0.2) is 0 Å². The van der Waals surface area contributed by atoms with E-state index < -0.39 is 0 Å². The molecule has 2 rings (SSSR count). The molecule has 0 amide bonds. The van der Waals surface area contributed by atoms with Crippen molar-refractivity contribution in [2.45, 2.75) is 45.1 Å². The van der Waals surface area contributed by atoms with E-state index in [1.807, 2.05) is 0 Å². The minimum absolute atomic E-state index is 0.0278. The van der Waals surface area contributed by atoms with Gasteiger partial charge in [-0.05, 0) is 50.3 Å². The van der Waals surface area contributed by atoms with Crippen LogP contribution in [-0.2, 0) is 6.42 Å². The maximum absolute atomic E-state index is 13.9. The third-order valence-corrected chi connectivity index (χ3v) is 4.06. The average Bonchev–Trinajstić information content (AvgIpc) is 2.72. The standard InChI is InChI=1S/C15H21ClFN/c1-11(2)9-15(7-4-8-18-15)10-12-13(16)5-3-6-14(12)17/h3,5-6,11,18H,4,7-10H2,1-2H3. The van der Waals surface area contributed by atoms with Gasteiger partial charge in [0.25, 0.3) is 0 Å². The maximum atomic E-state index is 13.9. The second-order valence-corrected chi connectivity index (χ2v) is 6.19. The van der Waals surface area contributed by atoms with Crippen molar-refractivity contribution in [2.24, 2.45) is 5.92 Å². The second kappa shape index (κ2) is 5.58. The van der Waals surface area contributed by atoms with Gasteiger partial charge in [-0.3, -0.25) is 0 Å². The summed E-state index contributed by atoms with van der Waals surface area (Å²) in [6, 6.07) is 4.94. The van der Waals surface area contributed by atoms with E-state index in [-0.39, 0.29) is 11.4 Å². The minimum Gasteiger partial charge on any atom is -0.311 e. The van der Waals surface area contributed by atoms with Crippen LogP contribution in [0.3, 0.4) is 0 Å². The molecule has 1 unspecified atom stereocenters. The highest BCUT2D eigenvalue weighted by atomic mass is 35.5. The maximum Gasteiger partial charge on any atom is 0.127 e. The molecule has 1 aromatic carbocycles. The molecule has 1 N–H and O–H groups in total. The molecule has 1 aliphatic heterocycles. The summed E-state index contributed by atoms with van der Waals surface area (Å²) in [4.78, 5) is 0. The van der Waals surface area contributed by atoms with Gasteiger partial charge in [0, 0.05) is 16.1 Å². The molecule has 18 heavy (non-hydrogen) atoms. The summed E-state index contributed by atoms with van der Waals surface area (Å²) in [5.74, 6) is 0.417. The van der Waals surface area contributed by atoms with E-state index in [2.05, 4.69) is 19.2 Å². The van der Waals surface area contributed by atoms with Crippen LogP contribution in [0.4, 0.5) is 4.39 Å². The molecule has 0 aliphatic carbocycles. The zero-order chi connectivity index (χ0) is 13.2.